The molecule has 0 aromatic heterocycles. The molecule has 0 aliphatic carbocycles. The van der Waals surface area contributed by atoms with Gasteiger partial charge < -0.3 is 15.3 Å². The van der Waals surface area contributed by atoms with Crippen LogP contribution in [0.25, 0.3) is 12.2 Å². The first-order valence-corrected chi connectivity index (χ1v) is 5.15. The van der Waals surface area contributed by atoms with Crippen molar-refractivity contribution in [1.82, 2.24) is 0 Å². The Bertz CT molecular complexity index is 545. The Morgan fingerprint density at radius 3 is 2.24 bits per heavy atom. The molecule has 0 saturated heterocycles. The van der Waals surface area contributed by atoms with Gasteiger partial charge in [0.25, 0.3) is 0 Å². The Morgan fingerprint density at radius 1 is 0.824 bits per heavy atom. The smallest absolute Gasteiger partial charge is 0.165 e. The van der Waals surface area contributed by atoms with Crippen LogP contribution in [0.1, 0.15) is 11.1 Å². The molecule has 17 heavy (non-hydrogen) atoms. The number of phenolic OH excluding ortho intramolecular Hbond substituents is 3. The summed E-state index contributed by atoms with van der Waals surface area (Å²) in [5.41, 5.74) is 1.33. The van der Waals surface area contributed by atoms with E-state index in [0.29, 0.717) is 5.56 Å². The number of hydrogen-bond acceptors (Lipinski definition) is 3. The zero-order valence-electron chi connectivity index (χ0n) is 9.04. The highest BCUT2D eigenvalue weighted by Gasteiger charge is 2.05. The molecule has 0 fully saturated rings. The predicted molar refractivity (Wildman–Crippen MR) is 66.8 cm³/mol. The van der Waals surface area contributed by atoms with E-state index in [9.17, 15) is 15.3 Å². The maximum atomic E-state index is 9.59. The van der Waals surface area contributed by atoms with Crippen LogP contribution in [-0.4, -0.2) is 15.3 Å². The molecular weight excluding hydrogens is 216 g/mol. The minimum atomic E-state index is -0.335. The van der Waals surface area contributed by atoms with E-state index in [4.69, 9.17) is 0 Å². The Balaban J connectivity index is 2.33. The summed E-state index contributed by atoms with van der Waals surface area (Å²) in [4.78, 5) is 0. The summed E-state index contributed by atoms with van der Waals surface area (Å²) < 4.78 is 0. The summed E-state index contributed by atoms with van der Waals surface area (Å²) in [6.45, 7) is 0. The van der Waals surface area contributed by atoms with E-state index in [0.717, 1.165) is 11.6 Å². The number of rotatable bonds is 2. The number of aromatic hydroxyl groups is 3. The van der Waals surface area contributed by atoms with Gasteiger partial charge in [0.05, 0.1) is 0 Å². The van der Waals surface area contributed by atoms with Gasteiger partial charge in [-0.25, -0.2) is 0 Å². The van der Waals surface area contributed by atoms with Crippen LogP contribution in [0.15, 0.2) is 42.5 Å². The van der Waals surface area contributed by atoms with E-state index in [1.165, 1.54) is 6.07 Å². The standard InChI is InChI=1S/C14H12O3/c15-12-8-11(14(17)13(16)9-12)7-6-10-4-2-1-3-5-10/h1-9,15-17H. The molecule has 0 amide bonds. The van der Waals surface area contributed by atoms with Crippen molar-refractivity contribution >= 4 is 12.2 Å². The van der Waals surface area contributed by atoms with Crippen molar-refractivity contribution in [1.29, 1.82) is 0 Å². The lowest BCUT2D eigenvalue weighted by molar-refractivity contribution is 0.395. The summed E-state index contributed by atoms with van der Waals surface area (Å²) in [7, 11) is 0. The van der Waals surface area contributed by atoms with Crippen molar-refractivity contribution in [2.75, 3.05) is 0 Å². The van der Waals surface area contributed by atoms with Gasteiger partial charge >= 0.3 is 0 Å². The van der Waals surface area contributed by atoms with Crippen molar-refractivity contribution in [3.05, 3.63) is 53.6 Å². The van der Waals surface area contributed by atoms with Crippen LogP contribution >= 0.6 is 0 Å². The zero-order chi connectivity index (χ0) is 12.3. The van der Waals surface area contributed by atoms with Gasteiger partial charge in [-0.3, -0.25) is 0 Å². The van der Waals surface area contributed by atoms with Crippen LogP contribution in [0.4, 0.5) is 0 Å². The second kappa shape index (κ2) is 4.61. The van der Waals surface area contributed by atoms with Gasteiger partial charge in [-0.1, -0.05) is 42.5 Å². The third kappa shape index (κ3) is 2.58. The average molecular weight is 228 g/mol. The number of hydrogen-bond donors (Lipinski definition) is 3. The van der Waals surface area contributed by atoms with Crippen LogP contribution in [0.2, 0.25) is 0 Å². The van der Waals surface area contributed by atoms with Gasteiger partial charge in [-0.05, 0) is 11.6 Å². The lowest BCUT2D eigenvalue weighted by Crippen LogP contribution is -1.77. The van der Waals surface area contributed by atoms with E-state index in [2.05, 4.69) is 0 Å². The van der Waals surface area contributed by atoms with E-state index in [-0.39, 0.29) is 17.2 Å². The Kier molecular flexibility index (Phi) is 3.01. The van der Waals surface area contributed by atoms with E-state index >= 15 is 0 Å². The van der Waals surface area contributed by atoms with Crippen molar-refractivity contribution < 1.29 is 15.3 Å². The lowest BCUT2D eigenvalue weighted by Gasteiger charge is -2.03. The van der Waals surface area contributed by atoms with Crippen molar-refractivity contribution in [3.8, 4) is 17.2 Å². The largest absolute Gasteiger partial charge is 0.508 e. The van der Waals surface area contributed by atoms with Crippen LogP contribution in [0.3, 0.4) is 0 Å². The van der Waals surface area contributed by atoms with Crippen LogP contribution in [0, 0.1) is 0 Å². The predicted octanol–water partition coefficient (Wildman–Crippen LogP) is 2.97. The van der Waals surface area contributed by atoms with E-state index in [1.54, 1.807) is 12.2 Å². The summed E-state index contributed by atoms with van der Waals surface area (Å²) in [5, 5.41) is 28.2. The molecular formula is C14H12O3. The number of benzene rings is 2. The summed E-state index contributed by atoms with van der Waals surface area (Å²) in [6, 6.07) is 12.0. The second-order valence-electron chi connectivity index (χ2n) is 3.65. The molecule has 0 unspecified atom stereocenters. The molecule has 2 aromatic carbocycles. The average Bonchev–Trinajstić information content (AvgIpc) is 2.33. The van der Waals surface area contributed by atoms with Crippen LogP contribution < -0.4 is 0 Å². The zero-order valence-corrected chi connectivity index (χ0v) is 9.04. The minimum Gasteiger partial charge on any atom is -0.508 e. The Morgan fingerprint density at radius 2 is 1.53 bits per heavy atom. The fraction of sp³-hybridized carbons (Fsp3) is 0. The quantitative estimate of drug-likeness (QED) is 0.420. The molecule has 0 aliphatic rings. The lowest BCUT2D eigenvalue weighted by atomic mass is 10.1. The normalized spacial score (nSPS) is 10.8. The first-order chi connectivity index (χ1) is 8.16. The highest BCUT2D eigenvalue weighted by molar-refractivity contribution is 5.74. The van der Waals surface area contributed by atoms with E-state index in [1.807, 2.05) is 30.3 Å². The maximum Gasteiger partial charge on any atom is 0.165 e. The minimum absolute atomic E-state index is 0.0898. The number of phenols is 3. The molecule has 0 heterocycles. The van der Waals surface area contributed by atoms with Gasteiger partial charge in [0.15, 0.2) is 11.5 Å². The topological polar surface area (TPSA) is 60.7 Å². The molecule has 2 rings (SSSR count). The molecule has 0 spiro atoms. The molecule has 3 N–H and O–H groups in total. The highest BCUT2D eigenvalue weighted by atomic mass is 16.3. The first kappa shape index (κ1) is 11.1. The van der Waals surface area contributed by atoms with Crippen molar-refractivity contribution in [3.63, 3.8) is 0 Å². The molecule has 0 atom stereocenters. The van der Waals surface area contributed by atoms with Gasteiger partial charge in [0.2, 0.25) is 0 Å². The summed E-state index contributed by atoms with van der Waals surface area (Å²) >= 11 is 0. The molecule has 3 heteroatoms. The van der Waals surface area contributed by atoms with Crippen molar-refractivity contribution in [2.24, 2.45) is 0 Å². The molecule has 0 aliphatic heterocycles. The molecule has 0 saturated carbocycles. The van der Waals surface area contributed by atoms with E-state index < -0.39 is 0 Å². The molecule has 0 radical (unpaired) electrons. The Labute approximate surface area is 98.9 Å². The van der Waals surface area contributed by atoms with Gasteiger partial charge in [0.1, 0.15) is 5.75 Å². The molecule has 3 nitrogen and oxygen atoms in total. The molecule has 86 valence electrons. The SMILES string of the molecule is Oc1cc(O)c(O)c(C=Cc2ccccc2)c1. The molecule has 2 aromatic rings. The maximum absolute atomic E-state index is 9.59. The summed E-state index contributed by atoms with van der Waals surface area (Å²) in [6.07, 6.45) is 3.41. The summed E-state index contributed by atoms with van der Waals surface area (Å²) in [5.74, 6) is -0.666. The van der Waals surface area contributed by atoms with Gasteiger partial charge in [-0.15, -0.1) is 0 Å². The van der Waals surface area contributed by atoms with Crippen LogP contribution in [-0.2, 0) is 0 Å². The van der Waals surface area contributed by atoms with Gasteiger partial charge in [0, 0.05) is 11.6 Å². The fourth-order valence-corrected chi connectivity index (χ4v) is 1.50. The third-order valence-corrected chi connectivity index (χ3v) is 2.36. The molecule has 0 bridgehead atoms. The first-order valence-electron chi connectivity index (χ1n) is 5.15. The third-order valence-electron chi connectivity index (χ3n) is 2.36. The van der Waals surface area contributed by atoms with Crippen molar-refractivity contribution in [2.45, 2.75) is 0 Å². The fourth-order valence-electron chi connectivity index (χ4n) is 1.50. The van der Waals surface area contributed by atoms with Gasteiger partial charge in [-0.2, -0.15) is 0 Å². The highest BCUT2D eigenvalue weighted by Crippen LogP contribution is 2.34. The second-order valence-corrected chi connectivity index (χ2v) is 3.65. The van der Waals surface area contributed by atoms with Crippen LogP contribution in [0.5, 0.6) is 17.2 Å². The Hall–Kier alpha value is -2.42. The monoisotopic (exact) mass is 228 g/mol.